The van der Waals surface area contributed by atoms with Crippen LogP contribution in [0.15, 0.2) is 48.5 Å². The molecule has 5 nitrogen and oxygen atoms in total. The average Bonchev–Trinajstić information content (AvgIpc) is 2.53. The third-order valence-electron chi connectivity index (χ3n) is 3.37. The second kappa shape index (κ2) is 6.85. The van der Waals surface area contributed by atoms with Gasteiger partial charge in [-0.1, -0.05) is 30.3 Å². The maximum atomic E-state index is 10.9. The molecule has 0 aliphatic carbocycles. The molecule has 21 heavy (non-hydrogen) atoms. The maximum absolute atomic E-state index is 10.9. The number of methoxy groups -OCH3 is 1. The van der Waals surface area contributed by atoms with Gasteiger partial charge >= 0.3 is 0 Å². The fraction of sp³-hybridized carbons (Fsp3) is 0.250. The van der Waals surface area contributed by atoms with Crippen LogP contribution in [0, 0.1) is 10.1 Å². The Bertz CT molecular complexity index is 614. The lowest BCUT2D eigenvalue weighted by Gasteiger charge is -2.15. The Kier molecular flexibility index (Phi) is 4.90. The molecule has 2 aromatic rings. The fourth-order valence-electron chi connectivity index (χ4n) is 2.14. The van der Waals surface area contributed by atoms with Crippen LogP contribution in [0.3, 0.4) is 0 Å². The van der Waals surface area contributed by atoms with E-state index in [9.17, 15) is 10.1 Å². The van der Waals surface area contributed by atoms with E-state index in [1.54, 1.807) is 19.2 Å². The lowest BCUT2D eigenvalue weighted by molar-refractivity contribution is -0.384. The Labute approximate surface area is 123 Å². The van der Waals surface area contributed by atoms with Crippen molar-refractivity contribution in [2.75, 3.05) is 7.11 Å². The van der Waals surface area contributed by atoms with Crippen LogP contribution in [-0.4, -0.2) is 12.0 Å². The zero-order chi connectivity index (χ0) is 15.2. The summed E-state index contributed by atoms with van der Waals surface area (Å²) in [5.41, 5.74) is 2.01. The van der Waals surface area contributed by atoms with Crippen LogP contribution in [0.1, 0.15) is 24.1 Å². The van der Waals surface area contributed by atoms with Gasteiger partial charge in [-0.25, -0.2) is 0 Å². The van der Waals surface area contributed by atoms with Crippen molar-refractivity contribution in [1.82, 2.24) is 5.32 Å². The lowest BCUT2D eigenvalue weighted by atomic mass is 10.1. The summed E-state index contributed by atoms with van der Waals surface area (Å²) in [6.45, 7) is 2.56. The highest BCUT2D eigenvalue weighted by Crippen LogP contribution is 2.24. The van der Waals surface area contributed by atoms with Crippen LogP contribution in [0.2, 0.25) is 0 Å². The molecule has 1 N–H and O–H groups in total. The van der Waals surface area contributed by atoms with E-state index in [-0.39, 0.29) is 11.7 Å². The number of ether oxygens (including phenoxy) is 1. The summed E-state index contributed by atoms with van der Waals surface area (Å²) in [6.07, 6.45) is 0. The Balaban J connectivity index is 2.11. The van der Waals surface area contributed by atoms with E-state index in [2.05, 4.69) is 12.2 Å². The van der Waals surface area contributed by atoms with Gasteiger partial charge in [0, 0.05) is 30.3 Å². The van der Waals surface area contributed by atoms with Crippen molar-refractivity contribution in [3.05, 3.63) is 69.8 Å². The van der Waals surface area contributed by atoms with Crippen LogP contribution in [0.25, 0.3) is 0 Å². The van der Waals surface area contributed by atoms with Gasteiger partial charge in [0.1, 0.15) is 5.75 Å². The van der Waals surface area contributed by atoms with E-state index in [0.29, 0.717) is 12.3 Å². The van der Waals surface area contributed by atoms with E-state index in [0.717, 1.165) is 5.56 Å². The summed E-state index contributed by atoms with van der Waals surface area (Å²) in [6, 6.07) is 14.8. The van der Waals surface area contributed by atoms with Crippen molar-refractivity contribution in [3.8, 4) is 5.75 Å². The summed E-state index contributed by atoms with van der Waals surface area (Å²) in [4.78, 5) is 10.5. The van der Waals surface area contributed by atoms with E-state index < -0.39 is 4.92 Å². The minimum Gasteiger partial charge on any atom is -0.496 e. The molecule has 0 aromatic heterocycles. The molecular weight excluding hydrogens is 268 g/mol. The number of non-ortho nitro benzene ring substituents is 1. The van der Waals surface area contributed by atoms with Crippen LogP contribution in [-0.2, 0) is 6.54 Å². The summed E-state index contributed by atoms with van der Waals surface area (Å²) in [5.74, 6) is 0.647. The first-order chi connectivity index (χ1) is 10.1. The normalized spacial score (nSPS) is 11.9. The number of hydrogen-bond donors (Lipinski definition) is 1. The predicted molar refractivity (Wildman–Crippen MR) is 81.3 cm³/mol. The van der Waals surface area contributed by atoms with E-state index in [1.807, 2.05) is 30.3 Å². The minimum absolute atomic E-state index is 0.0694. The molecule has 2 aromatic carbocycles. The molecule has 0 radical (unpaired) electrons. The molecule has 0 aliphatic heterocycles. The number of nitrogens with zero attached hydrogens (tertiary/aromatic N) is 1. The van der Waals surface area contributed by atoms with Crippen LogP contribution in [0.5, 0.6) is 5.75 Å². The monoisotopic (exact) mass is 286 g/mol. The zero-order valence-electron chi connectivity index (χ0n) is 12.1. The smallest absolute Gasteiger partial charge is 0.270 e. The van der Waals surface area contributed by atoms with Crippen molar-refractivity contribution >= 4 is 5.69 Å². The fourth-order valence-corrected chi connectivity index (χ4v) is 2.14. The van der Waals surface area contributed by atoms with Gasteiger partial charge in [-0.2, -0.15) is 0 Å². The molecular formula is C16H18N2O3. The van der Waals surface area contributed by atoms with Crippen molar-refractivity contribution < 1.29 is 9.66 Å². The van der Waals surface area contributed by atoms with Gasteiger partial charge < -0.3 is 10.1 Å². The van der Waals surface area contributed by atoms with E-state index in [1.165, 1.54) is 11.6 Å². The molecule has 1 atom stereocenters. The molecule has 0 saturated carbocycles. The minimum atomic E-state index is -0.399. The topological polar surface area (TPSA) is 64.4 Å². The summed E-state index contributed by atoms with van der Waals surface area (Å²) < 4.78 is 5.26. The number of rotatable bonds is 6. The largest absolute Gasteiger partial charge is 0.496 e. The molecule has 0 saturated heterocycles. The number of nitro benzene ring substituents is 1. The van der Waals surface area contributed by atoms with Gasteiger partial charge in [0.25, 0.3) is 5.69 Å². The lowest BCUT2D eigenvalue weighted by Crippen LogP contribution is -2.18. The Hall–Kier alpha value is -2.40. The van der Waals surface area contributed by atoms with Gasteiger partial charge in [0.15, 0.2) is 0 Å². The number of nitrogens with one attached hydrogen (secondary N) is 1. The average molecular weight is 286 g/mol. The van der Waals surface area contributed by atoms with Crippen molar-refractivity contribution in [1.29, 1.82) is 0 Å². The highest BCUT2D eigenvalue weighted by atomic mass is 16.6. The molecule has 0 amide bonds. The molecule has 0 fully saturated rings. The first kappa shape index (κ1) is 15.0. The number of hydrogen-bond acceptors (Lipinski definition) is 4. The molecule has 110 valence electrons. The highest BCUT2D eigenvalue weighted by molar-refractivity contribution is 5.43. The first-order valence-electron chi connectivity index (χ1n) is 6.71. The van der Waals surface area contributed by atoms with Crippen LogP contribution < -0.4 is 10.1 Å². The standard InChI is InChI=1S/C16H18N2O3/c1-12(13-6-4-3-5-7-13)17-11-14-10-15(18(19)20)8-9-16(14)21-2/h3-10,12,17H,11H2,1-2H3/t12-/m1/s1. The maximum Gasteiger partial charge on any atom is 0.270 e. The van der Waals surface area contributed by atoms with Crippen molar-refractivity contribution in [2.45, 2.75) is 19.5 Å². The van der Waals surface area contributed by atoms with E-state index >= 15 is 0 Å². The van der Waals surface area contributed by atoms with Gasteiger partial charge in [-0.15, -0.1) is 0 Å². The molecule has 0 aliphatic rings. The molecule has 0 unspecified atom stereocenters. The molecule has 0 heterocycles. The summed E-state index contributed by atoms with van der Waals surface area (Å²) >= 11 is 0. The molecule has 2 rings (SSSR count). The highest BCUT2D eigenvalue weighted by Gasteiger charge is 2.12. The van der Waals surface area contributed by atoms with Crippen LogP contribution >= 0.6 is 0 Å². The van der Waals surface area contributed by atoms with Gasteiger partial charge in [-0.3, -0.25) is 10.1 Å². The quantitative estimate of drug-likeness (QED) is 0.652. The van der Waals surface area contributed by atoms with Crippen molar-refractivity contribution in [2.24, 2.45) is 0 Å². The zero-order valence-corrected chi connectivity index (χ0v) is 12.1. The van der Waals surface area contributed by atoms with Gasteiger partial charge in [-0.05, 0) is 18.6 Å². The number of benzene rings is 2. The molecule has 5 heteroatoms. The van der Waals surface area contributed by atoms with Crippen molar-refractivity contribution in [3.63, 3.8) is 0 Å². The Morgan fingerprint density at radius 2 is 1.95 bits per heavy atom. The molecule has 0 bridgehead atoms. The number of nitro groups is 1. The molecule has 0 spiro atoms. The third kappa shape index (κ3) is 3.79. The van der Waals surface area contributed by atoms with Gasteiger partial charge in [0.2, 0.25) is 0 Å². The second-order valence-electron chi connectivity index (χ2n) is 4.77. The second-order valence-corrected chi connectivity index (χ2v) is 4.77. The Morgan fingerprint density at radius 1 is 1.24 bits per heavy atom. The summed E-state index contributed by atoms with van der Waals surface area (Å²) in [5, 5.41) is 14.2. The van der Waals surface area contributed by atoms with Crippen LogP contribution in [0.4, 0.5) is 5.69 Å². The summed E-state index contributed by atoms with van der Waals surface area (Å²) in [7, 11) is 1.56. The SMILES string of the molecule is COc1ccc([N+](=O)[O-])cc1CN[C@H](C)c1ccccc1. The Morgan fingerprint density at radius 3 is 2.57 bits per heavy atom. The van der Waals surface area contributed by atoms with Gasteiger partial charge in [0.05, 0.1) is 12.0 Å². The first-order valence-corrected chi connectivity index (χ1v) is 6.71. The predicted octanol–water partition coefficient (Wildman–Crippen LogP) is 3.45. The third-order valence-corrected chi connectivity index (χ3v) is 3.37. The van der Waals surface area contributed by atoms with E-state index in [4.69, 9.17) is 4.74 Å².